The van der Waals surface area contributed by atoms with Crippen molar-refractivity contribution in [3.8, 4) is 5.75 Å². The van der Waals surface area contributed by atoms with Gasteiger partial charge in [-0.15, -0.1) is 0 Å². The van der Waals surface area contributed by atoms with Crippen molar-refractivity contribution in [2.75, 3.05) is 26.9 Å². The monoisotopic (exact) mass is 595 g/mol. The first-order chi connectivity index (χ1) is 19.8. The maximum Gasteiger partial charge on any atom is 0.290 e. The van der Waals surface area contributed by atoms with Crippen LogP contribution >= 0.6 is 11.6 Å². The Balaban J connectivity index is 1.48. The summed E-state index contributed by atoms with van der Waals surface area (Å²) in [6.07, 6.45) is 1.76. The van der Waals surface area contributed by atoms with Crippen LogP contribution < -0.4 is 9.46 Å². The molecule has 10 heteroatoms. The van der Waals surface area contributed by atoms with E-state index in [9.17, 15) is 13.2 Å². The summed E-state index contributed by atoms with van der Waals surface area (Å²) >= 11 is 6.37. The van der Waals surface area contributed by atoms with Crippen molar-refractivity contribution >= 4 is 38.5 Å². The van der Waals surface area contributed by atoms with E-state index in [1.165, 1.54) is 0 Å². The number of hydrogen-bond acceptors (Lipinski definition) is 6. The topological polar surface area (TPSA) is 98.1 Å². The van der Waals surface area contributed by atoms with Crippen molar-refractivity contribution in [3.05, 3.63) is 94.2 Å². The van der Waals surface area contributed by atoms with Crippen LogP contribution in [-0.4, -0.2) is 52.1 Å². The number of nitrogens with zero attached hydrogens (tertiary/aromatic N) is 1. The molecule has 0 bridgehead atoms. The maximum absolute atomic E-state index is 14.1. The molecule has 41 heavy (non-hydrogen) atoms. The smallest absolute Gasteiger partial charge is 0.290 e. The highest BCUT2D eigenvalue weighted by Crippen LogP contribution is 2.33. The molecule has 1 unspecified atom stereocenters. The molecule has 0 fully saturated rings. The first kappa shape index (κ1) is 29.1. The molecule has 1 heterocycles. The predicted molar refractivity (Wildman–Crippen MR) is 157 cm³/mol. The second-order valence-corrected chi connectivity index (χ2v) is 12.2. The molecule has 1 aromatic heterocycles. The van der Waals surface area contributed by atoms with Gasteiger partial charge in [-0.05, 0) is 85.0 Å². The van der Waals surface area contributed by atoms with Gasteiger partial charge in [-0.2, -0.15) is 0 Å². The van der Waals surface area contributed by atoms with Gasteiger partial charge in [0.15, 0.2) is 5.76 Å². The fourth-order valence-electron chi connectivity index (χ4n) is 5.05. The van der Waals surface area contributed by atoms with Crippen molar-refractivity contribution in [2.45, 2.75) is 43.7 Å². The van der Waals surface area contributed by atoms with Crippen molar-refractivity contribution < 1.29 is 27.1 Å². The summed E-state index contributed by atoms with van der Waals surface area (Å²) in [6.45, 7) is 3.25. The molecular weight excluding hydrogens is 564 g/mol. The fourth-order valence-corrected chi connectivity index (χ4v) is 6.43. The number of rotatable bonds is 12. The number of benzene rings is 3. The molecule has 1 aliphatic rings. The van der Waals surface area contributed by atoms with Gasteiger partial charge in [-0.25, -0.2) is 13.1 Å². The van der Waals surface area contributed by atoms with Gasteiger partial charge in [0.2, 0.25) is 10.0 Å². The van der Waals surface area contributed by atoms with Gasteiger partial charge < -0.3 is 18.8 Å². The largest absolute Gasteiger partial charge is 0.491 e. The Kier molecular flexibility index (Phi) is 8.99. The van der Waals surface area contributed by atoms with Gasteiger partial charge in [0.1, 0.15) is 17.9 Å². The second kappa shape index (κ2) is 12.7. The van der Waals surface area contributed by atoms with Crippen LogP contribution in [0.25, 0.3) is 11.0 Å². The molecule has 3 aromatic carbocycles. The number of hydrogen-bond donors (Lipinski definition) is 1. The van der Waals surface area contributed by atoms with Crippen LogP contribution in [0.4, 0.5) is 0 Å². The fraction of sp³-hybridized carbons (Fsp3) is 0.323. The van der Waals surface area contributed by atoms with E-state index >= 15 is 0 Å². The summed E-state index contributed by atoms with van der Waals surface area (Å²) in [7, 11) is -2.01. The molecule has 1 atom stereocenters. The van der Waals surface area contributed by atoms with Gasteiger partial charge in [0.25, 0.3) is 5.91 Å². The molecule has 0 saturated carbocycles. The first-order valence-corrected chi connectivity index (χ1v) is 15.4. The Hall–Kier alpha value is -3.37. The third-order valence-corrected chi connectivity index (χ3v) is 8.82. The van der Waals surface area contributed by atoms with Crippen LogP contribution in [0.5, 0.6) is 5.75 Å². The van der Waals surface area contributed by atoms with Crippen LogP contribution in [0.1, 0.15) is 40.6 Å². The lowest BCUT2D eigenvalue weighted by Crippen LogP contribution is -2.40. The van der Waals surface area contributed by atoms with Crippen LogP contribution in [-0.2, 0) is 34.1 Å². The van der Waals surface area contributed by atoms with Crippen molar-refractivity contribution in [1.82, 2.24) is 9.62 Å². The molecule has 5 rings (SSSR count). The minimum Gasteiger partial charge on any atom is -0.491 e. The SMILES string of the molecule is CCCNS(=O)(=O)c1ccc2c(c1)CC(N(Cc1cc(Cl)ccc1OCCOC)C(=O)c1cc3c[c]ccc3o1)C2. The molecule has 215 valence electrons. The summed E-state index contributed by atoms with van der Waals surface area (Å²) in [6, 6.07) is 20.3. The average molecular weight is 596 g/mol. The minimum absolute atomic E-state index is 0.214. The highest BCUT2D eigenvalue weighted by Gasteiger charge is 2.33. The molecule has 8 nitrogen and oxygen atoms in total. The first-order valence-electron chi connectivity index (χ1n) is 13.5. The summed E-state index contributed by atoms with van der Waals surface area (Å²) in [4.78, 5) is 16.1. The van der Waals surface area contributed by atoms with Gasteiger partial charge >= 0.3 is 0 Å². The van der Waals surface area contributed by atoms with Crippen molar-refractivity contribution in [2.24, 2.45) is 0 Å². The Morgan fingerprint density at radius 3 is 2.73 bits per heavy atom. The number of sulfonamides is 1. The zero-order chi connectivity index (χ0) is 29.0. The minimum atomic E-state index is -3.62. The third-order valence-electron chi connectivity index (χ3n) is 7.12. The number of halogens is 1. The van der Waals surface area contributed by atoms with Crippen molar-refractivity contribution in [3.63, 3.8) is 0 Å². The summed E-state index contributed by atoms with van der Waals surface area (Å²) in [5, 5.41) is 1.31. The van der Waals surface area contributed by atoms with Crippen LogP contribution in [0, 0.1) is 6.07 Å². The van der Waals surface area contributed by atoms with E-state index in [-0.39, 0.29) is 29.1 Å². The number of fused-ring (bicyclic) bond motifs is 2. The Morgan fingerprint density at radius 1 is 1.12 bits per heavy atom. The lowest BCUT2D eigenvalue weighted by atomic mass is 10.1. The number of ether oxygens (including phenoxy) is 2. The molecule has 0 aliphatic heterocycles. The maximum atomic E-state index is 14.1. The van der Waals surface area contributed by atoms with E-state index in [4.69, 9.17) is 25.5 Å². The molecule has 1 N–H and O–H groups in total. The second-order valence-electron chi connectivity index (χ2n) is 9.99. The van der Waals surface area contributed by atoms with E-state index < -0.39 is 10.0 Å². The number of nitrogens with one attached hydrogen (secondary N) is 1. The Morgan fingerprint density at radius 2 is 1.95 bits per heavy atom. The molecule has 4 aromatic rings. The van der Waals surface area contributed by atoms with Gasteiger partial charge in [0, 0.05) is 35.7 Å². The number of amides is 1. The van der Waals surface area contributed by atoms with E-state index in [1.807, 2.05) is 13.0 Å². The number of methoxy groups -OCH3 is 1. The summed E-state index contributed by atoms with van der Waals surface area (Å²) in [5.41, 5.74) is 3.25. The van der Waals surface area contributed by atoms with Crippen LogP contribution in [0.3, 0.4) is 0 Å². The molecular formula is C31H32ClN2O6S. The van der Waals surface area contributed by atoms with E-state index in [0.717, 1.165) is 22.1 Å². The Bertz CT molecular complexity index is 1620. The third kappa shape index (κ3) is 6.59. The van der Waals surface area contributed by atoms with E-state index in [2.05, 4.69) is 10.8 Å². The van der Waals surface area contributed by atoms with Gasteiger partial charge in [0.05, 0.1) is 18.0 Å². The zero-order valence-corrected chi connectivity index (χ0v) is 24.6. The standard InChI is InChI=1S/C31H32ClN2O6S/c1-3-12-33-41(36,37)27-10-8-21-16-26(17-23(21)18-27)34(31(35)30-19-22-6-4-5-7-29(22)40-30)20-24-15-25(32)9-11-28(24)39-14-13-38-2/h5-11,15,18-19,26,33H,3,12-14,16-17,20H2,1-2H3. The average Bonchev–Trinajstić information content (AvgIpc) is 3.59. The lowest BCUT2D eigenvalue weighted by molar-refractivity contribution is 0.0634. The number of carbonyl (C=O) groups is 1. The highest BCUT2D eigenvalue weighted by molar-refractivity contribution is 7.89. The van der Waals surface area contributed by atoms with Crippen LogP contribution in [0.2, 0.25) is 5.02 Å². The van der Waals surface area contributed by atoms with E-state index in [1.54, 1.807) is 66.6 Å². The van der Waals surface area contributed by atoms with Gasteiger partial charge in [-0.3, -0.25) is 4.79 Å². The normalized spacial score (nSPS) is 14.8. The highest BCUT2D eigenvalue weighted by atomic mass is 35.5. The Labute approximate surface area is 245 Å². The van der Waals surface area contributed by atoms with Crippen molar-refractivity contribution in [1.29, 1.82) is 0 Å². The van der Waals surface area contributed by atoms with E-state index in [0.29, 0.717) is 55.4 Å². The van der Waals surface area contributed by atoms with Gasteiger partial charge in [-0.1, -0.05) is 30.7 Å². The quantitative estimate of drug-likeness (QED) is 0.220. The summed E-state index contributed by atoms with van der Waals surface area (Å²) < 4.78 is 45.2. The number of furan rings is 1. The van der Waals surface area contributed by atoms with Crippen LogP contribution in [0.15, 0.2) is 70.0 Å². The lowest BCUT2D eigenvalue weighted by Gasteiger charge is -2.29. The zero-order valence-electron chi connectivity index (χ0n) is 23.0. The summed E-state index contributed by atoms with van der Waals surface area (Å²) in [5.74, 6) is 0.542. The molecule has 0 saturated heterocycles. The number of carbonyl (C=O) groups excluding carboxylic acids is 1. The molecule has 1 amide bonds. The molecule has 1 aliphatic carbocycles. The predicted octanol–water partition coefficient (Wildman–Crippen LogP) is 5.41. The molecule has 1 radical (unpaired) electrons. The molecule has 0 spiro atoms.